The first kappa shape index (κ1) is 20.0. The summed E-state index contributed by atoms with van der Waals surface area (Å²) in [7, 11) is 1.79. The van der Waals surface area contributed by atoms with E-state index in [4.69, 9.17) is 4.42 Å². The van der Waals surface area contributed by atoms with E-state index < -0.39 is 0 Å². The smallest absolute Gasteiger partial charge is 0.216 e. The quantitative estimate of drug-likeness (QED) is 0.343. The first-order chi connectivity index (χ1) is 12.5. The molecule has 0 saturated heterocycles. The van der Waals surface area contributed by atoms with Crippen LogP contribution >= 0.6 is 0 Å². The van der Waals surface area contributed by atoms with Crippen molar-refractivity contribution in [1.82, 2.24) is 25.8 Å². The summed E-state index contributed by atoms with van der Waals surface area (Å²) in [5, 5.41) is 13.9. The lowest BCUT2D eigenvalue weighted by atomic mass is 9.87. The second kappa shape index (κ2) is 9.99. The molecule has 0 aliphatic carbocycles. The Bertz CT molecular complexity index is 659. The molecular weight excluding hydrogens is 328 g/mol. The highest BCUT2D eigenvalue weighted by atomic mass is 16.3. The van der Waals surface area contributed by atoms with Gasteiger partial charge in [0.05, 0.1) is 6.26 Å². The third kappa shape index (κ3) is 6.54. The number of aliphatic imine (C=N–C) groups is 1. The summed E-state index contributed by atoms with van der Waals surface area (Å²) >= 11 is 0. The molecule has 7 nitrogen and oxygen atoms in total. The Balaban J connectivity index is 1.72. The van der Waals surface area contributed by atoms with Crippen LogP contribution in [0, 0.1) is 5.41 Å². The number of aromatic nitrogens is 3. The number of nitrogens with one attached hydrogen (secondary N) is 3. The lowest BCUT2D eigenvalue weighted by Gasteiger charge is -2.26. The van der Waals surface area contributed by atoms with E-state index in [9.17, 15) is 0 Å². The molecule has 0 aromatic carbocycles. The van der Waals surface area contributed by atoms with Crippen molar-refractivity contribution in [3.8, 4) is 11.6 Å². The molecule has 0 radical (unpaired) electrons. The zero-order valence-corrected chi connectivity index (χ0v) is 16.4. The number of H-pyrrole nitrogens is 1. The van der Waals surface area contributed by atoms with Gasteiger partial charge in [0.25, 0.3) is 0 Å². The van der Waals surface area contributed by atoms with Crippen LogP contribution in [0.2, 0.25) is 0 Å². The van der Waals surface area contributed by atoms with Gasteiger partial charge in [-0.25, -0.2) is 4.98 Å². The van der Waals surface area contributed by atoms with Crippen LogP contribution in [0.1, 0.15) is 52.3 Å². The van der Waals surface area contributed by atoms with Gasteiger partial charge in [-0.1, -0.05) is 40.0 Å². The minimum atomic E-state index is 0.260. The molecule has 26 heavy (non-hydrogen) atoms. The van der Waals surface area contributed by atoms with Crippen LogP contribution in [0.5, 0.6) is 0 Å². The van der Waals surface area contributed by atoms with Crippen molar-refractivity contribution in [3.63, 3.8) is 0 Å². The maximum absolute atomic E-state index is 5.30. The highest BCUT2D eigenvalue weighted by Crippen LogP contribution is 2.22. The SMILES string of the molecule is CCCCCC(C)(C)CNC(=NC)NCCc1nc(-c2ccco2)n[nH]1. The molecule has 0 unspecified atom stereocenters. The van der Waals surface area contributed by atoms with Gasteiger partial charge in [-0.2, -0.15) is 5.10 Å². The van der Waals surface area contributed by atoms with E-state index in [1.807, 2.05) is 12.1 Å². The van der Waals surface area contributed by atoms with Gasteiger partial charge in [-0.05, 0) is 24.0 Å². The van der Waals surface area contributed by atoms with Gasteiger partial charge in [-0.15, -0.1) is 0 Å². The normalized spacial score (nSPS) is 12.4. The summed E-state index contributed by atoms with van der Waals surface area (Å²) in [6, 6.07) is 3.67. The highest BCUT2D eigenvalue weighted by Gasteiger charge is 2.17. The zero-order chi connectivity index (χ0) is 18.8. The topological polar surface area (TPSA) is 91.1 Å². The van der Waals surface area contributed by atoms with E-state index in [-0.39, 0.29) is 5.41 Å². The van der Waals surface area contributed by atoms with Crippen molar-refractivity contribution < 1.29 is 4.42 Å². The van der Waals surface area contributed by atoms with Gasteiger partial charge in [0, 0.05) is 26.6 Å². The van der Waals surface area contributed by atoms with E-state index in [2.05, 4.69) is 51.6 Å². The summed E-state index contributed by atoms with van der Waals surface area (Å²) in [5.74, 6) is 2.89. The Morgan fingerprint density at radius 3 is 2.85 bits per heavy atom. The Morgan fingerprint density at radius 1 is 1.31 bits per heavy atom. The van der Waals surface area contributed by atoms with Gasteiger partial charge < -0.3 is 15.1 Å². The van der Waals surface area contributed by atoms with Gasteiger partial charge in [-0.3, -0.25) is 10.1 Å². The van der Waals surface area contributed by atoms with Crippen LogP contribution in [-0.4, -0.2) is 41.3 Å². The number of hydrogen-bond donors (Lipinski definition) is 3. The van der Waals surface area contributed by atoms with Crippen molar-refractivity contribution in [3.05, 3.63) is 24.2 Å². The molecule has 7 heteroatoms. The van der Waals surface area contributed by atoms with Gasteiger partial charge in [0.15, 0.2) is 11.7 Å². The molecule has 0 aliphatic heterocycles. The Kier molecular flexibility index (Phi) is 7.69. The van der Waals surface area contributed by atoms with Crippen LogP contribution in [0.3, 0.4) is 0 Å². The van der Waals surface area contributed by atoms with Gasteiger partial charge in [0.2, 0.25) is 5.82 Å². The molecule has 3 N–H and O–H groups in total. The average Bonchev–Trinajstić information content (AvgIpc) is 3.29. The van der Waals surface area contributed by atoms with Crippen molar-refractivity contribution >= 4 is 5.96 Å². The maximum atomic E-state index is 5.30. The fourth-order valence-electron chi connectivity index (χ4n) is 2.71. The van der Waals surface area contributed by atoms with E-state index in [0.717, 1.165) is 31.3 Å². The average molecular weight is 361 g/mol. The third-order valence-electron chi connectivity index (χ3n) is 4.34. The second-order valence-electron chi connectivity index (χ2n) is 7.31. The molecule has 0 fully saturated rings. The minimum Gasteiger partial charge on any atom is -0.461 e. The maximum Gasteiger partial charge on any atom is 0.216 e. The van der Waals surface area contributed by atoms with Gasteiger partial charge >= 0.3 is 0 Å². The molecule has 0 aliphatic rings. The fourth-order valence-corrected chi connectivity index (χ4v) is 2.71. The first-order valence-corrected chi connectivity index (χ1v) is 9.44. The lowest BCUT2D eigenvalue weighted by molar-refractivity contribution is 0.318. The summed E-state index contributed by atoms with van der Waals surface area (Å²) in [4.78, 5) is 8.74. The van der Waals surface area contributed by atoms with E-state index in [1.54, 1.807) is 13.3 Å². The molecule has 0 bridgehead atoms. The molecule has 144 valence electrons. The Labute approximate surface area is 156 Å². The largest absolute Gasteiger partial charge is 0.461 e. The molecule has 0 spiro atoms. The van der Waals surface area contributed by atoms with E-state index >= 15 is 0 Å². The molecule has 2 aromatic heterocycles. The summed E-state index contributed by atoms with van der Waals surface area (Å²) in [5.41, 5.74) is 0.260. The molecule has 0 amide bonds. The predicted molar refractivity (Wildman–Crippen MR) is 105 cm³/mol. The van der Waals surface area contributed by atoms with Crippen LogP contribution in [0.4, 0.5) is 0 Å². The number of aromatic amines is 1. The number of furan rings is 1. The molecule has 2 heterocycles. The summed E-state index contributed by atoms with van der Waals surface area (Å²) in [6.45, 7) is 8.47. The lowest BCUT2D eigenvalue weighted by Crippen LogP contribution is -2.42. The molecule has 2 aromatic rings. The number of unbranched alkanes of at least 4 members (excludes halogenated alkanes) is 2. The molecular formula is C19H32N6O. The zero-order valence-electron chi connectivity index (χ0n) is 16.4. The minimum absolute atomic E-state index is 0.260. The van der Waals surface area contributed by atoms with Gasteiger partial charge in [0.1, 0.15) is 5.82 Å². The Morgan fingerprint density at radius 2 is 2.15 bits per heavy atom. The number of nitrogens with zero attached hydrogens (tertiary/aromatic N) is 3. The number of hydrogen-bond acceptors (Lipinski definition) is 4. The fraction of sp³-hybridized carbons (Fsp3) is 0.632. The van der Waals surface area contributed by atoms with Crippen LogP contribution < -0.4 is 10.6 Å². The standard InChI is InChI=1S/C19H32N6O/c1-5-6-7-11-19(2,3)14-22-18(20-4)21-12-10-16-23-17(25-24-16)15-9-8-13-26-15/h8-9,13H,5-7,10-12,14H2,1-4H3,(H2,20,21,22)(H,23,24,25). The van der Waals surface area contributed by atoms with Crippen molar-refractivity contribution in [1.29, 1.82) is 0 Å². The second-order valence-corrected chi connectivity index (χ2v) is 7.31. The highest BCUT2D eigenvalue weighted by molar-refractivity contribution is 5.79. The van der Waals surface area contributed by atoms with E-state index in [1.165, 1.54) is 25.7 Å². The predicted octanol–water partition coefficient (Wildman–Crippen LogP) is 3.38. The molecule has 0 saturated carbocycles. The molecule has 2 rings (SSSR count). The monoisotopic (exact) mass is 360 g/mol. The van der Waals surface area contributed by atoms with Crippen LogP contribution in [-0.2, 0) is 6.42 Å². The summed E-state index contributed by atoms with van der Waals surface area (Å²) in [6.07, 6.45) is 7.41. The summed E-state index contributed by atoms with van der Waals surface area (Å²) < 4.78 is 5.30. The Hall–Kier alpha value is -2.31. The van der Waals surface area contributed by atoms with Crippen molar-refractivity contribution in [2.24, 2.45) is 10.4 Å². The van der Waals surface area contributed by atoms with Crippen LogP contribution in [0.15, 0.2) is 27.8 Å². The first-order valence-electron chi connectivity index (χ1n) is 9.44. The van der Waals surface area contributed by atoms with Crippen molar-refractivity contribution in [2.75, 3.05) is 20.1 Å². The number of rotatable bonds is 10. The van der Waals surface area contributed by atoms with Crippen molar-refractivity contribution in [2.45, 2.75) is 52.9 Å². The van der Waals surface area contributed by atoms with E-state index in [0.29, 0.717) is 11.6 Å². The van der Waals surface area contributed by atoms with Crippen LogP contribution in [0.25, 0.3) is 11.6 Å². The third-order valence-corrected chi connectivity index (χ3v) is 4.34. The molecule has 0 atom stereocenters. The number of guanidine groups is 1.